The Morgan fingerprint density at radius 2 is 2.05 bits per heavy atom. The van der Waals surface area contributed by atoms with Crippen molar-refractivity contribution in [1.82, 2.24) is 0 Å². The van der Waals surface area contributed by atoms with Gasteiger partial charge in [0.2, 0.25) is 0 Å². The Morgan fingerprint density at radius 3 is 2.58 bits per heavy atom. The van der Waals surface area contributed by atoms with Gasteiger partial charge in [-0.1, -0.05) is 6.07 Å². The van der Waals surface area contributed by atoms with Crippen LogP contribution in [-0.2, 0) is 4.79 Å². The predicted octanol–water partition coefficient (Wildman–Crippen LogP) is 1.83. The van der Waals surface area contributed by atoms with Gasteiger partial charge < -0.3 is 20.9 Å². The number of ether oxygens (including phenoxy) is 1. The molecule has 0 aliphatic carbocycles. The van der Waals surface area contributed by atoms with Crippen LogP contribution in [0.1, 0.15) is 23.1 Å². The molecule has 106 valence electrons. The minimum absolute atomic E-state index is 0.366. The second-order valence-electron chi connectivity index (χ2n) is 4.70. The molecule has 0 radical (unpaired) electrons. The van der Waals surface area contributed by atoms with Crippen LogP contribution in [0.3, 0.4) is 0 Å². The van der Waals surface area contributed by atoms with E-state index in [0.717, 1.165) is 22.6 Å². The van der Waals surface area contributed by atoms with Gasteiger partial charge in [-0.3, -0.25) is 4.79 Å². The highest BCUT2D eigenvalue weighted by Gasteiger charge is 2.14. The molecule has 0 aromatic heterocycles. The zero-order valence-corrected chi connectivity index (χ0v) is 11.9. The van der Waals surface area contributed by atoms with Gasteiger partial charge in [0, 0.05) is 6.54 Å². The summed E-state index contributed by atoms with van der Waals surface area (Å²) in [6, 6.07) is 1.24. The van der Waals surface area contributed by atoms with Crippen molar-refractivity contribution in [1.29, 1.82) is 0 Å². The van der Waals surface area contributed by atoms with Gasteiger partial charge in [0.15, 0.2) is 0 Å². The zero-order valence-electron chi connectivity index (χ0n) is 11.9. The highest BCUT2D eigenvalue weighted by Crippen LogP contribution is 2.34. The Balaban J connectivity index is 2.84. The average Bonchev–Trinajstić information content (AvgIpc) is 2.35. The van der Waals surface area contributed by atoms with Gasteiger partial charge in [-0.05, 0) is 43.9 Å². The molecule has 1 aromatic carbocycles. The lowest BCUT2D eigenvalue weighted by Gasteiger charge is -2.18. The average molecular weight is 266 g/mol. The number of benzene rings is 1. The van der Waals surface area contributed by atoms with E-state index < -0.39 is 12.0 Å². The third-order valence-corrected chi connectivity index (χ3v) is 3.26. The molecule has 0 aliphatic rings. The molecule has 0 saturated heterocycles. The van der Waals surface area contributed by atoms with E-state index in [0.29, 0.717) is 13.0 Å². The van der Waals surface area contributed by atoms with Gasteiger partial charge in [-0.2, -0.15) is 0 Å². The van der Waals surface area contributed by atoms with Gasteiger partial charge >= 0.3 is 5.97 Å². The van der Waals surface area contributed by atoms with Crippen LogP contribution in [0, 0.1) is 20.8 Å². The van der Waals surface area contributed by atoms with E-state index in [2.05, 4.69) is 11.4 Å². The molecule has 0 bridgehead atoms. The van der Waals surface area contributed by atoms with Crippen molar-refractivity contribution in [2.24, 2.45) is 5.73 Å². The molecule has 0 fully saturated rings. The minimum Gasteiger partial charge on any atom is -0.494 e. The second-order valence-corrected chi connectivity index (χ2v) is 4.70. The van der Waals surface area contributed by atoms with Crippen molar-refractivity contribution < 1.29 is 14.6 Å². The zero-order chi connectivity index (χ0) is 14.6. The normalized spacial score (nSPS) is 12.1. The first kappa shape index (κ1) is 15.3. The summed E-state index contributed by atoms with van der Waals surface area (Å²) in [7, 11) is 1.63. The summed E-state index contributed by atoms with van der Waals surface area (Å²) >= 11 is 0. The van der Waals surface area contributed by atoms with Crippen molar-refractivity contribution in [3.05, 3.63) is 22.8 Å². The van der Waals surface area contributed by atoms with Crippen molar-refractivity contribution in [2.45, 2.75) is 33.2 Å². The number of hydrogen-bond acceptors (Lipinski definition) is 4. The van der Waals surface area contributed by atoms with E-state index in [4.69, 9.17) is 15.6 Å². The first-order valence-electron chi connectivity index (χ1n) is 6.25. The van der Waals surface area contributed by atoms with Crippen molar-refractivity contribution in [3.8, 4) is 5.75 Å². The summed E-state index contributed by atoms with van der Waals surface area (Å²) in [5, 5.41) is 12.0. The minimum atomic E-state index is -0.981. The molecule has 0 aliphatic heterocycles. The van der Waals surface area contributed by atoms with E-state index in [1.54, 1.807) is 7.11 Å². The number of anilines is 1. The number of nitrogens with two attached hydrogens (primary N) is 1. The first-order chi connectivity index (χ1) is 8.88. The second kappa shape index (κ2) is 6.43. The van der Waals surface area contributed by atoms with Crippen LogP contribution in [0.25, 0.3) is 0 Å². The molecule has 0 amide bonds. The molecule has 1 rings (SSSR count). The third-order valence-electron chi connectivity index (χ3n) is 3.26. The lowest BCUT2D eigenvalue weighted by molar-refractivity contribution is -0.138. The highest BCUT2D eigenvalue weighted by molar-refractivity contribution is 5.73. The molecule has 5 nitrogen and oxygen atoms in total. The van der Waals surface area contributed by atoms with Crippen molar-refractivity contribution in [3.63, 3.8) is 0 Å². The molecule has 1 aromatic rings. The summed E-state index contributed by atoms with van der Waals surface area (Å²) in [4.78, 5) is 10.7. The Bertz CT molecular complexity index is 472. The van der Waals surface area contributed by atoms with E-state index in [9.17, 15) is 4.79 Å². The topological polar surface area (TPSA) is 84.6 Å². The van der Waals surface area contributed by atoms with E-state index in [1.165, 1.54) is 5.56 Å². The fraction of sp³-hybridized carbons (Fsp3) is 0.500. The molecular formula is C14H22N2O3. The number of rotatable bonds is 6. The maximum atomic E-state index is 10.7. The summed E-state index contributed by atoms with van der Waals surface area (Å²) in [6.45, 7) is 6.53. The van der Waals surface area contributed by atoms with Crippen LogP contribution in [0.15, 0.2) is 6.07 Å². The number of methoxy groups -OCH3 is 1. The van der Waals surface area contributed by atoms with Gasteiger partial charge in [0.1, 0.15) is 11.8 Å². The third kappa shape index (κ3) is 3.61. The monoisotopic (exact) mass is 266 g/mol. The summed E-state index contributed by atoms with van der Waals surface area (Å²) in [5.74, 6) is -0.174. The molecule has 1 atom stereocenters. The summed E-state index contributed by atoms with van der Waals surface area (Å²) < 4.78 is 5.43. The van der Waals surface area contributed by atoms with Crippen LogP contribution < -0.4 is 15.8 Å². The Labute approximate surface area is 113 Å². The van der Waals surface area contributed by atoms with Gasteiger partial charge in [-0.15, -0.1) is 0 Å². The number of hydrogen-bond donors (Lipinski definition) is 3. The first-order valence-corrected chi connectivity index (χ1v) is 6.25. The van der Waals surface area contributed by atoms with Gasteiger partial charge in [0.25, 0.3) is 0 Å². The molecule has 0 heterocycles. The molecule has 0 saturated carbocycles. The fourth-order valence-electron chi connectivity index (χ4n) is 2.00. The smallest absolute Gasteiger partial charge is 0.320 e. The number of carbonyl (C=O) groups is 1. The van der Waals surface area contributed by atoms with Crippen LogP contribution in [0.5, 0.6) is 5.75 Å². The van der Waals surface area contributed by atoms with Crippen LogP contribution >= 0.6 is 0 Å². The number of carboxylic acids is 1. The molecule has 5 heteroatoms. The van der Waals surface area contributed by atoms with Crippen LogP contribution in [-0.4, -0.2) is 30.8 Å². The summed E-state index contributed by atoms with van der Waals surface area (Å²) in [6.07, 6.45) is 0.366. The standard InChI is InChI=1S/C14H22N2O3/c1-8-7-9(2)12(13(19-4)10(8)3)16-6-5-11(15)14(17)18/h7,11,16H,5-6,15H2,1-4H3,(H,17,18). The molecule has 0 spiro atoms. The number of carboxylic acid groups (broad SMARTS) is 1. The van der Waals surface area contributed by atoms with Crippen LogP contribution in [0.2, 0.25) is 0 Å². The van der Waals surface area contributed by atoms with Crippen molar-refractivity contribution >= 4 is 11.7 Å². The molecular weight excluding hydrogens is 244 g/mol. The van der Waals surface area contributed by atoms with E-state index in [1.807, 2.05) is 20.8 Å². The molecule has 1 unspecified atom stereocenters. The number of nitrogens with one attached hydrogen (secondary N) is 1. The number of aliphatic carboxylic acids is 1. The maximum Gasteiger partial charge on any atom is 0.320 e. The molecule has 4 N–H and O–H groups in total. The Morgan fingerprint density at radius 1 is 1.42 bits per heavy atom. The van der Waals surface area contributed by atoms with Crippen molar-refractivity contribution in [2.75, 3.05) is 19.0 Å². The maximum absolute atomic E-state index is 10.7. The summed E-state index contributed by atoms with van der Waals surface area (Å²) in [5.41, 5.74) is 9.70. The van der Waals surface area contributed by atoms with E-state index in [-0.39, 0.29) is 0 Å². The Kier molecular flexibility index (Phi) is 5.18. The fourth-order valence-corrected chi connectivity index (χ4v) is 2.00. The van der Waals surface area contributed by atoms with Crippen LogP contribution in [0.4, 0.5) is 5.69 Å². The largest absolute Gasteiger partial charge is 0.494 e. The molecule has 19 heavy (non-hydrogen) atoms. The van der Waals surface area contributed by atoms with Gasteiger partial charge in [-0.25, -0.2) is 0 Å². The van der Waals surface area contributed by atoms with Gasteiger partial charge in [0.05, 0.1) is 12.8 Å². The quantitative estimate of drug-likeness (QED) is 0.731. The Hall–Kier alpha value is -1.75. The SMILES string of the molecule is COc1c(C)c(C)cc(C)c1NCCC(N)C(=O)O. The highest BCUT2D eigenvalue weighted by atomic mass is 16.5. The predicted molar refractivity (Wildman–Crippen MR) is 75.9 cm³/mol. The lowest BCUT2D eigenvalue weighted by Crippen LogP contribution is -2.32. The lowest BCUT2D eigenvalue weighted by atomic mass is 10.0. The van der Waals surface area contributed by atoms with E-state index >= 15 is 0 Å². The number of aryl methyl sites for hydroxylation is 2.